The second kappa shape index (κ2) is 3.84. The van der Waals surface area contributed by atoms with Crippen LogP contribution in [0.1, 0.15) is 11.1 Å². The molecule has 0 atom stereocenters. The summed E-state index contributed by atoms with van der Waals surface area (Å²) in [4.78, 5) is 10.6. The second-order valence-electron chi connectivity index (χ2n) is 4.34. The van der Waals surface area contributed by atoms with Crippen molar-refractivity contribution in [2.75, 3.05) is 13.1 Å². The summed E-state index contributed by atoms with van der Waals surface area (Å²) in [5.74, 6) is 0. The zero-order chi connectivity index (χ0) is 11.8. The molecule has 86 valence electrons. The molecule has 2 rings (SSSR count). The first-order valence-electron chi connectivity index (χ1n) is 5.18. The topological polar surface area (TPSA) is 75.4 Å². The monoisotopic (exact) mass is 222 g/mol. The van der Waals surface area contributed by atoms with E-state index in [-0.39, 0.29) is 10.6 Å². The fraction of sp³-hybridized carbons (Fsp3) is 0.455. The van der Waals surface area contributed by atoms with Crippen LogP contribution in [0.25, 0.3) is 0 Å². The maximum atomic E-state index is 10.9. The molecule has 0 bridgehead atoms. The van der Waals surface area contributed by atoms with E-state index >= 15 is 0 Å². The third-order valence-corrected chi connectivity index (χ3v) is 2.93. The Morgan fingerprint density at radius 2 is 2.25 bits per heavy atom. The van der Waals surface area contributed by atoms with E-state index in [2.05, 4.69) is 5.32 Å². The molecule has 0 radical (unpaired) electrons. The number of hydrogen-bond acceptors (Lipinski definition) is 4. The van der Waals surface area contributed by atoms with Crippen LogP contribution in [-0.2, 0) is 6.42 Å². The quantitative estimate of drug-likeness (QED) is 0.585. The molecule has 0 spiro atoms. The van der Waals surface area contributed by atoms with Gasteiger partial charge in [0, 0.05) is 30.6 Å². The van der Waals surface area contributed by atoms with E-state index in [0.29, 0.717) is 30.6 Å². The van der Waals surface area contributed by atoms with Crippen molar-refractivity contribution in [1.82, 2.24) is 5.32 Å². The molecule has 2 N–H and O–H groups in total. The Morgan fingerprint density at radius 1 is 1.56 bits per heavy atom. The van der Waals surface area contributed by atoms with Crippen molar-refractivity contribution in [2.45, 2.75) is 18.9 Å². The summed E-state index contributed by atoms with van der Waals surface area (Å²) in [5.41, 5.74) is 0.550. The molecule has 1 saturated heterocycles. The number of hydrogen-bond donors (Lipinski definition) is 2. The lowest BCUT2D eigenvalue weighted by atomic mass is 9.88. The predicted octanol–water partition coefficient (Wildman–Crippen LogP) is 0.780. The molecule has 1 fully saturated rings. The standard InChI is InChI=1S/C11H14N2O3/c1-8-3-2-4-9(10(8)13(15)16)5-11(14)6-12-7-11/h2-4,12,14H,5-7H2,1H3. The van der Waals surface area contributed by atoms with Crippen LogP contribution < -0.4 is 5.32 Å². The van der Waals surface area contributed by atoms with Crippen molar-refractivity contribution < 1.29 is 10.0 Å². The lowest BCUT2D eigenvalue weighted by Crippen LogP contribution is -2.60. The van der Waals surface area contributed by atoms with Gasteiger partial charge in [-0.15, -0.1) is 0 Å². The van der Waals surface area contributed by atoms with Crippen molar-refractivity contribution in [2.24, 2.45) is 0 Å². The van der Waals surface area contributed by atoms with Crippen molar-refractivity contribution in [3.63, 3.8) is 0 Å². The van der Waals surface area contributed by atoms with Crippen molar-refractivity contribution in [1.29, 1.82) is 0 Å². The van der Waals surface area contributed by atoms with Crippen molar-refractivity contribution in [3.05, 3.63) is 39.4 Å². The van der Waals surface area contributed by atoms with Gasteiger partial charge in [0.05, 0.1) is 10.5 Å². The van der Waals surface area contributed by atoms with E-state index in [1.165, 1.54) is 0 Å². The van der Waals surface area contributed by atoms with E-state index in [0.717, 1.165) is 0 Å². The molecule has 5 nitrogen and oxygen atoms in total. The van der Waals surface area contributed by atoms with E-state index in [4.69, 9.17) is 0 Å². The van der Waals surface area contributed by atoms with Crippen LogP contribution in [0.3, 0.4) is 0 Å². The Balaban J connectivity index is 2.32. The predicted molar refractivity (Wildman–Crippen MR) is 59.4 cm³/mol. The van der Waals surface area contributed by atoms with E-state index < -0.39 is 5.60 Å². The van der Waals surface area contributed by atoms with Gasteiger partial charge >= 0.3 is 0 Å². The number of nitrogens with zero attached hydrogens (tertiary/aromatic N) is 1. The SMILES string of the molecule is Cc1cccc(CC2(O)CNC2)c1[N+](=O)[O-]. The van der Waals surface area contributed by atoms with Crippen LogP contribution in [-0.4, -0.2) is 28.7 Å². The van der Waals surface area contributed by atoms with Gasteiger partial charge in [-0.1, -0.05) is 18.2 Å². The number of nitrogens with one attached hydrogen (secondary N) is 1. The van der Waals surface area contributed by atoms with Crippen LogP contribution in [0, 0.1) is 17.0 Å². The average Bonchev–Trinajstić information content (AvgIpc) is 2.14. The van der Waals surface area contributed by atoms with Crippen molar-refractivity contribution in [3.8, 4) is 0 Å². The molecule has 1 aromatic rings. The molecule has 1 heterocycles. The highest BCUT2D eigenvalue weighted by molar-refractivity contribution is 5.47. The van der Waals surface area contributed by atoms with Gasteiger partial charge < -0.3 is 10.4 Å². The molecule has 16 heavy (non-hydrogen) atoms. The fourth-order valence-electron chi connectivity index (χ4n) is 2.02. The Hall–Kier alpha value is -1.46. The van der Waals surface area contributed by atoms with Gasteiger partial charge in [-0.2, -0.15) is 0 Å². The summed E-state index contributed by atoms with van der Waals surface area (Å²) in [6.45, 7) is 2.71. The van der Waals surface area contributed by atoms with Crippen LogP contribution >= 0.6 is 0 Å². The highest BCUT2D eigenvalue weighted by Gasteiger charge is 2.36. The molecule has 0 amide bonds. The number of aliphatic hydroxyl groups is 1. The van der Waals surface area contributed by atoms with Gasteiger partial charge in [-0.25, -0.2) is 0 Å². The molecule has 0 aromatic heterocycles. The molecule has 0 saturated carbocycles. The van der Waals surface area contributed by atoms with Gasteiger partial charge in [0.1, 0.15) is 0 Å². The Bertz CT molecular complexity index is 427. The van der Waals surface area contributed by atoms with Crippen LogP contribution in [0.5, 0.6) is 0 Å². The number of benzene rings is 1. The Morgan fingerprint density at radius 3 is 2.75 bits per heavy atom. The molecule has 0 unspecified atom stereocenters. The molecular formula is C11H14N2O3. The van der Waals surface area contributed by atoms with Gasteiger partial charge in [0.2, 0.25) is 0 Å². The highest BCUT2D eigenvalue weighted by atomic mass is 16.6. The van der Waals surface area contributed by atoms with Gasteiger partial charge in [-0.3, -0.25) is 10.1 Å². The van der Waals surface area contributed by atoms with Gasteiger partial charge in [0.25, 0.3) is 5.69 Å². The number of nitro benzene ring substituents is 1. The van der Waals surface area contributed by atoms with E-state index in [1.54, 1.807) is 25.1 Å². The average molecular weight is 222 g/mol. The normalized spacial score (nSPS) is 17.9. The Labute approximate surface area is 93.2 Å². The molecular weight excluding hydrogens is 208 g/mol. The third kappa shape index (κ3) is 1.91. The maximum Gasteiger partial charge on any atom is 0.275 e. The van der Waals surface area contributed by atoms with Crippen LogP contribution in [0.15, 0.2) is 18.2 Å². The molecule has 1 aromatic carbocycles. The maximum absolute atomic E-state index is 10.9. The summed E-state index contributed by atoms with van der Waals surface area (Å²) >= 11 is 0. The van der Waals surface area contributed by atoms with E-state index in [1.807, 2.05) is 0 Å². The number of para-hydroxylation sites is 1. The number of β-amino-alcohol motifs (C(OH)–C–C–N with tert-alkyl or cyclic N) is 1. The number of nitro groups is 1. The van der Waals surface area contributed by atoms with Crippen LogP contribution in [0.2, 0.25) is 0 Å². The molecule has 5 heteroatoms. The number of rotatable bonds is 3. The molecule has 1 aliphatic heterocycles. The first-order valence-corrected chi connectivity index (χ1v) is 5.18. The summed E-state index contributed by atoms with van der Waals surface area (Å²) in [5, 5.41) is 23.9. The zero-order valence-electron chi connectivity index (χ0n) is 9.06. The first kappa shape index (κ1) is 11.0. The minimum atomic E-state index is -0.821. The third-order valence-electron chi connectivity index (χ3n) is 2.93. The lowest BCUT2D eigenvalue weighted by molar-refractivity contribution is -0.386. The van der Waals surface area contributed by atoms with Gasteiger partial charge in [0.15, 0.2) is 0 Å². The zero-order valence-corrected chi connectivity index (χ0v) is 9.06. The minimum absolute atomic E-state index is 0.128. The van der Waals surface area contributed by atoms with Crippen molar-refractivity contribution >= 4 is 5.69 Å². The lowest BCUT2D eigenvalue weighted by Gasteiger charge is -2.37. The summed E-state index contributed by atoms with van der Waals surface area (Å²) in [6, 6.07) is 5.21. The summed E-state index contributed by atoms with van der Waals surface area (Å²) in [6.07, 6.45) is 0.331. The summed E-state index contributed by atoms with van der Waals surface area (Å²) < 4.78 is 0. The minimum Gasteiger partial charge on any atom is -0.387 e. The number of aryl methyl sites for hydroxylation is 1. The van der Waals surface area contributed by atoms with E-state index in [9.17, 15) is 15.2 Å². The largest absolute Gasteiger partial charge is 0.387 e. The Kier molecular flexibility index (Phi) is 2.65. The smallest absolute Gasteiger partial charge is 0.275 e. The molecule has 0 aliphatic carbocycles. The highest BCUT2D eigenvalue weighted by Crippen LogP contribution is 2.28. The van der Waals surface area contributed by atoms with Gasteiger partial charge in [-0.05, 0) is 6.92 Å². The first-order chi connectivity index (χ1) is 7.52. The fourth-order valence-corrected chi connectivity index (χ4v) is 2.02. The molecule has 1 aliphatic rings. The summed E-state index contributed by atoms with van der Waals surface area (Å²) in [7, 11) is 0. The van der Waals surface area contributed by atoms with Crippen LogP contribution in [0.4, 0.5) is 5.69 Å². The second-order valence-corrected chi connectivity index (χ2v) is 4.34.